The number of esters is 1. The average molecular weight is 329 g/mol. The highest BCUT2D eigenvalue weighted by molar-refractivity contribution is 6.29. The molecule has 1 aliphatic rings. The zero-order chi connectivity index (χ0) is 16.4. The van der Waals surface area contributed by atoms with Gasteiger partial charge in [0.05, 0.1) is 0 Å². The van der Waals surface area contributed by atoms with Crippen LogP contribution in [0.2, 0.25) is 5.15 Å². The molecule has 7 heteroatoms. The van der Waals surface area contributed by atoms with Crippen molar-refractivity contribution in [3.63, 3.8) is 0 Å². The van der Waals surface area contributed by atoms with Gasteiger partial charge in [0.25, 0.3) is 0 Å². The lowest BCUT2D eigenvalue weighted by Gasteiger charge is -2.12. The highest BCUT2D eigenvalue weighted by atomic mass is 35.5. The Bertz CT molecular complexity index is 798. The number of cyclic esters (lactones) is 1. The molecule has 1 aromatic carbocycles. The van der Waals surface area contributed by atoms with E-state index in [1.54, 1.807) is 18.0 Å². The molecule has 0 bridgehead atoms. The third kappa shape index (κ3) is 3.37. The summed E-state index contributed by atoms with van der Waals surface area (Å²) in [7, 11) is 1.71. The minimum Gasteiger partial charge on any atom is -0.402 e. The first-order valence-corrected chi connectivity index (χ1v) is 7.23. The Morgan fingerprint density at radius 3 is 2.65 bits per heavy atom. The van der Waals surface area contributed by atoms with Crippen LogP contribution >= 0.6 is 11.6 Å². The van der Waals surface area contributed by atoms with Crippen LogP contribution in [0.1, 0.15) is 11.3 Å². The van der Waals surface area contributed by atoms with Crippen molar-refractivity contribution in [2.45, 2.75) is 6.92 Å². The molecule has 0 fully saturated rings. The van der Waals surface area contributed by atoms with Crippen LogP contribution in [0, 0.1) is 6.92 Å². The molecule has 23 heavy (non-hydrogen) atoms. The lowest BCUT2D eigenvalue weighted by atomic mass is 10.2. The molecule has 0 saturated carbocycles. The number of aryl methyl sites for hydroxylation is 1. The van der Waals surface area contributed by atoms with Crippen LogP contribution in [0.3, 0.4) is 0 Å². The summed E-state index contributed by atoms with van der Waals surface area (Å²) in [5.41, 5.74) is 1.64. The predicted molar refractivity (Wildman–Crippen MR) is 87.3 cm³/mol. The van der Waals surface area contributed by atoms with E-state index in [0.717, 1.165) is 11.3 Å². The highest BCUT2D eigenvalue weighted by Crippen LogP contribution is 2.19. The van der Waals surface area contributed by atoms with Crippen LogP contribution in [-0.4, -0.2) is 28.9 Å². The first-order chi connectivity index (χ1) is 11.0. The number of nitrogens with zero attached hydrogens (tertiary/aromatic N) is 4. The van der Waals surface area contributed by atoms with Gasteiger partial charge in [0.2, 0.25) is 11.8 Å². The Labute approximate surface area is 138 Å². The van der Waals surface area contributed by atoms with E-state index in [0.29, 0.717) is 11.1 Å². The standard InChI is InChI=1S/C16H13ClN4O2/c1-10-8-13(17)20-16(18-10)21(2)9-12-15(22)23-14(19-12)11-6-4-3-5-7-11/h3-9H,1-2H3/b12-9-. The van der Waals surface area contributed by atoms with Crippen LogP contribution in [0.5, 0.6) is 0 Å². The summed E-state index contributed by atoms with van der Waals surface area (Å²) < 4.78 is 5.19. The SMILES string of the molecule is Cc1cc(Cl)nc(N(C)/C=C2\N=C(c3ccccc3)OC2=O)n1. The van der Waals surface area contributed by atoms with E-state index in [1.807, 2.05) is 37.3 Å². The van der Waals surface area contributed by atoms with Gasteiger partial charge < -0.3 is 9.64 Å². The van der Waals surface area contributed by atoms with Crippen molar-refractivity contribution in [1.29, 1.82) is 0 Å². The van der Waals surface area contributed by atoms with Crippen molar-refractivity contribution in [3.8, 4) is 0 Å². The highest BCUT2D eigenvalue weighted by Gasteiger charge is 2.24. The van der Waals surface area contributed by atoms with E-state index in [1.165, 1.54) is 6.20 Å². The van der Waals surface area contributed by atoms with E-state index in [9.17, 15) is 4.79 Å². The molecule has 116 valence electrons. The minimum absolute atomic E-state index is 0.174. The quantitative estimate of drug-likeness (QED) is 0.492. The number of hydrogen-bond donors (Lipinski definition) is 0. The van der Waals surface area contributed by atoms with Gasteiger partial charge in [-0.2, -0.15) is 0 Å². The Morgan fingerprint density at radius 1 is 1.22 bits per heavy atom. The van der Waals surface area contributed by atoms with E-state index < -0.39 is 5.97 Å². The van der Waals surface area contributed by atoms with E-state index in [4.69, 9.17) is 16.3 Å². The Kier molecular flexibility index (Phi) is 4.08. The second-order valence-corrected chi connectivity index (χ2v) is 5.32. The van der Waals surface area contributed by atoms with Crippen LogP contribution in [0.15, 0.2) is 53.3 Å². The number of anilines is 1. The monoisotopic (exact) mass is 328 g/mol. The molecule has 1 aromatic heterocycles. The number of benzene rings is 1. The number of halogens is 1. The molecule has 0 atom stereocenters. The molecule has 2 aromatic rings. The van der Waals surface area contributed by atoms with Crippen LogP contribution in [0.4, 0.5) is 5.95 Å². The second kappa shape index (κ2) is 6.18. The summed E-state index contributed by atoms with van der Waals surface area (Å²) >= 11 is 5.93. The summed E-state index contributed by atoms with van der Waals surface area (Å²) in [4.78, 5) is 26.1. The van der Waals surface area contributed by atoms with Gasteiger partial charge in [-0.25, -0.2) is 19.8 Å². The summed E-state index contributed by atoms with van der Waals surface area (Å²) in [6, 6.07) is 10.9. The predicted octanol–water partition coefficient (Wildman–Crippen LogP) is 2.72. The Hall–Kier alpha value is -2.73. The lowest BCUT2D eigenvalue weighted by molar-refractivity contribution is -0.130. The minimum atomic E-state index is -0.519. The molecule has 6 nitrogen and oxygen atoms in total. The van der Waals surface area contributed by atoms with E-state index in [2.05, 4.69) is 15.0 Å². The van der Waals surface area contributed by atoms with Gasteiger partial charge in [-0.05, 0) is 25.1 Å². The van der Waals surface area contributed by atoms with Gasteiger partial charge in [0, 0.05) is 24.5 Å². The summed E-state index contributed by atoms with van der Waals surface area (Å²) in [6.45, 7) is 1.81. The maximum Gasteiger partial charge on any atom is 0.365 e. The fourth-order valence-electron chi connectivity index (χ4n) is 2.02. The zero-order valence-electron chi connectivity index (χ0n) is 12.5. The smallest absolute Gasteiger partial charge is 0.365 e. The van der Waals surface area contributed by atoms with Crippen molar-refractivity contribution < 1.29 is 9.53 Å². The number of ether oxygens (including phenoxy) is 1. The van der Waals surface area contributed by atoms with Gasteiger partial charge in [0.1, 0.15) is 5.15 Å². The van der Waals surface area contributed by atoms with Gasteiger partial charge in [0.15, 0.2) is 5.70 Å². The van der Waals surface area contributed by atoms with Crippen molar-refractivity contribution in [1.82, 2.24) is 9.97 Å². The third-order valence-electron chi connectivity index (χ3n) is 3.08. The number of rotatable bonds is 3. The van der Waals surface area contributed by atoms with Gasteiger partial charge in [-0.1, -0.05) is 29.8 Å². The molecular weight excluding hydrogens is 316 g/mol. The molecule has 0 spiro atoms. The molecule has 0 amide bonds. The van der Waals surface area contributed by atoms with Crippen molar-refractivity contribution >= 4 is 29.4 Å². The summed E-state index contributed by atoms with van der Waals surface area (Å²) in [6.07, 6.45) is 1.52. The van der Waals surface area contributed by atoms with Crippen LogP contribution < -0.4 is 4.90 Å². The molecule has 2 heterocycles. The summed E-state index contributed by atoms with van der Waals surface area (Å²) in [5, 5.41) is 0.334. The van der Waals surface area contributed by atoms with Gasteiger partial charge in [-0.15, -0.1) is 0 Å². The largest absolute Gasteiger partial charge is 0.402 e. The number of aliphatic imine (C=N–C) groups is 1. The maximum atomic E-state index is 12.0. The third-order valence-corrected chi connectivity index (χ3v) is 3.28. The van der Waals surface area contributed by atoms with E-state index >= 15 is 0 Å². The Balaban J connectivity index is 1.89. The number of carbonyl (C=O) groups is 1. The van der Waals surface area contributed by atoms with Gasteiger partial charge >= 0.3 is 5.97 Å². The first-order valence-electron chi connectivity index (χ1n) is 6.85. The molecule has 0 unspecified atom stereocenters. The Morgan fingerprint density at radius 2 is 1.96 bits per heavy atom. The lowest BCUT2D eigenvalue weighted by Crippen LogP contribution is -2.15. The molecule has 1 aliphatic heterocycles. The molecule has 0 N–H and O–H groups in total. The summed E-state index contributed by atoms with van der Waals surface area (Å²) in [5.74, 6) is 0.131. The van der Waals surface area contributed by atoms with Crippen molar-refractivity contribution in [2.24, 2.45) is 4.99 Å². The number of aromatic nitrogens is 2. The van der Waals surface area contributed by atoms with Crippen molar-refractivity contribution in [3.05, 3.63) is 64.7 Å². The second-order valence-electron chi connectivity index (χ2n) is 4.93. The molecular formula is C16H13ClN4O2. The maximum absolute atomic E-state index is 12.0. The topological polar surface area (TPSA) is 67.7 Å². The number of hydrogen-bond acceptors (Lipinski definition) is 6. The number of carbonyl (C=O) groups excluding carboxylic acids is 1. The van der Waals surface area contributed by atoms with E-state index in [-0.39, 0.29) is 11.6 Å². The van der Waals surface area contributed by atoms with Crippen LogP contribution in [-0.2, 0) is 9.53 Å². The molecule has 0 radical (unpaired) electrons. The molecule has 0 saturated heterocycles. The van der Waals surface area contributed by atoms with Crippen molar-refractivity contribution in [2.75, 3.05) is 11.9 Å². The fraction of sp³-hybridized carbons (Fsp3) is 0.125. The normalized spacial score (nSPS) is 15.5. The molecule has 3 rings (SSSR count). The zero-order valence-corrected chi connectivity index (χ0v) is 13.3. The average Bonchev–Trinajstić information content (AvgIpc) is 2.88. The molecule has 0 aliphatic carbocycles. The van der Waals surface area contributed by atoms with Gasteiger partial charge in [-0.3, -0.25) is 0 Å². The van der Waals surface area contributed by atoms with Crippen LogP contribution in [0.25, 0.3) is 0 Å². The first kappa shape index (κ1) is 15.2. The fourth-order valence-corrected chi connectivity index (χ4v) is 2.25.